The smallest absolute Gasteiger partial charge is 0.359 e. The molecule has 36 heavy (non-hydrogen) atoms. The molecule has 1 atom stereocenters. The van der Waals surface area contributed by atoms with E-state index in [9.17, 15) is 27.6 Å². The number of unbranched alkanes of at least 4 members (excludes halogenated alkanes) is 1. The van der Waals surface area contributed by atoms with E-state index in [-0.39, 0.29) is 18.9 Å². The average molecular weight is 505 g/mol. The molecule has 0 saturated carbocycles. The molecule has 1 saturated heterocycles. The number of halogens is 3. The lowest BCUT2D eigenvalue weighted by molar-refractivity contribution is -0.137. The number of hydrogen-bond acceptors (Lipinski definition) is 6. The lowest BCUT2D eigenvalue weighted by atomic mass is 9.88. The number of imide groups is 1. The van der Waals surface area contributed by atoms with Gasteiger partial charge in [0.25, 0.3) is 5.91 Å². The van der Waals surface area contributed by atoms with Crippen LogP contribution in [0.5, 0.6) is 0 Å². The van der Waals surface area contributed by atoms with Crippen LogP contribution in [0.25, 0.3) is 5.70 Å². The van der Waals surface area contributed by atoms with E-state index in [0.717, 1.165) is 17.0 Å². The Morgan fingerprint density at radius 3 is 2.39 bits per heavy atom. The summed E-state index contributed by atoms with van der Waals surface area (Å²) in [5.41, 5.74) is -0.337. The number of hydrazine groups is 1. The molecule has 0 spiro atoms. The van der Waals surface area contributed by atoms with Gasteiger partial charge in [-0.05, 0) is 62.1 Å². The number of likely N-dealkylation sites (N-methyl/N-ethyl adjacent to an activating group) is 1. The molecule has 4 amide bonds. The highest BCUT2D eigenvalue weighted by atomic mass is 19.4. The monoisotopic (exact) mass is 504 g/mol. The van der Waals surface area contributed by atoms with Crippen LogP contribution >= 0.6 is 0 Å². The summed E-state index contributed by atoms with van der Waals surface area (Å²) in [7, 11) is 1.39. The number of pyridine rings is 1. The maximum atomic E-state index is 12.9. The van der Waals surface area contributed by atoms with Crippen LogP contribution in [0.1, 0.15) is 36.8 Å². The highest BCUT2D eigenvalue weighted by molar-refractivity contribution is 6.06. The zero-order valence-corrected chi connectivity index (χ0v) is 19.6. The highest BCUT2D eigenvalue weighted by Crippen LogP contribution is 2.32. The van der Waals surface area contributed by atoms with E-state index in [2.05, 4.69) is 15.6 Å². The molecule has 0 aliphatic carbocycles. The molecule has 0 radical (unpaired) electrons. The number of rotatable bonds is 11. The maximum Gasteiger partial charge on any atom is 0.416 e. The molecule has 2 aromatic rings. The Morgan fingerprint density at radius 1 is 1.17 bits per heavy atom. The van der Waals surface area contributed by atoms with Crippen molar-refractivity contribution in [1.82, 2.24) is 20.5 Å². The molecule has 0 bridgehead atoms. The van der Waals surface area contributed by atoms with Crippen molar-refractivity contribution >= 4 is 29.7 Å². The molecular weight excluding hydrogens is 477 g/mol. The summed E-state index contributed by atoms with van der Waals surface area (Å²) >= 11 is 0. The van der Waals surface area contributed by atoms with Gasteiger partial charge in [0, 0.05) is 31.5 Å². The summed E-state index contributed by atoms with van der Waals surface area (Å²) in [6.07, 6.45) is 2.50. The largest absolute Gasteiger partial charge is 0.416 e. The van der Waals surface area contributed by atoms with Gasteiger partial charge in [0.2, 0.25) is 6.41 Å². The molecular formula is C24H27F3N6O3. The number of amides is 4. The Kier molecular flexibility index (Phi) is 8.30. The van der Waals surface area contributed by atoms with E-state index >= 15 is 0 Å². The zero-order chi connectivity index (χ0) is 26.3. The van der Waals surface area contributed by atoms with Crippen LogP contribution < -0.4 is 21.5 Å². The van der Waals surface area contributed by atoms with Crippen molar-refractivity contribution in [3.8, 4) is 0 Å². The first kappa shape index (κ1) is 26.7. The summed E-state index contributed by atoms with van der Waals surface area (Å²) in [6, 6.07) is 7.43. The second kappa shape index (κ2) is 11.2. The number of benzene rings is 1. The number of allylic oxidation sites excluding steroid dienone is 1. The van der Waals surface area contributed by atoms with Crippen molar-refractivity contribution in [3.05, 3.63) is 66.0 Å². The summed E-state index contributed by atoms with van der Waals surface area (Å²) < 4.78 is 38.8. The Labute approximate surface area is 206 Å². The van der Waals surface area contributed by atoms with Crippen LogP contribution in [0.2, 0.25) is 0 Å². The average Bonchev–Trinajstić information content (AvgIpc) is 3.07. The SMILES string of the molecule is CN1C(=O)NC(CCC/C=C(/c2ccncc2)N(N)c2ccc(C(F)(F)F)cc2)(CCNC=O)C1=O. The number of nitrogens with two attached hydrogens (primary N) is 1. The third-order valence-electron chi connectivity index (χ3n) is 6.00. The Balaban J connectivity index is 1.79. The molecule has 1 aromatic carbocycles. The maximum absolute atomic E-state index is 12.9. The van der Waals surface area contributed by atoms with Gasteiger partial charge in [0.05, 0.1) is 16.9 Å². The molecule has 192 valence electrons. The molecule has 12 heteroatoms. The first-order chi connectivity index (χ1) is 17.1. The van der Waals surface area contributed by atoms with Gasteiger partial charge in [-0.3, -0.25) is 24.5 Å². The molecule has 1 unspecified atom stereocenters. The molecule has 9 nitrogen and oxygen atoms in total. The number of carbonyl (C=O) groups is 3. The van der Waals surface area contributed by atoms with Crippen LogP contribution in [0.4, 0.5) is 23.7 Å². The van der Waals surface area contributed by atoms with Crippen molar-refractivity contribution in [2.24, 2.45) is 5.84 Å². The van der Waals surface area contributed by atoms with E-state index < -0.39 is 23.3 Å². The quantitative estimate of drug-likeness (QED) is 0.142. The first-order valence-electron chi connectivity index (χ1n) is 11.2. The normalized spacial score (nSPS) is 18.2. The number of hydrogen-bond donors (Lipinski definition) is 3. The van der Waals surface area contributed by atoms with E-state index in [1.807, 2.05) is 6.08 Å². The standard InChI is InChI=1S/C24H27F3N6O3/c1-32-21(35)23(31-22(32)36,12-15-30-16-34)11-3-2-4-20(17-9-13-29-14-10-17)33(28)19-7-5-18(6-8-19)24(25,26)27/h4-10,13-14,16H,2-3,11-12,15,28H2,1H3,(H,30,34)(H,31,36)/b20-4-. The minimum absolute atomic E-state index is 0.214. The Bertz CT molecular complexity index is 1110. The number of carbonyl (C=O) groups excluding carboxylic acids is 3. The third-order valence-corrected chi connectivity index (χ3v) is 6.00. The number of aromatic nitrogens is 1. The number of alkyl halides is 3. The van der Waals surface area contributed by atoms with Gasteiger partial charge in [0.1, 0.15) is 5.54 Å². The molecule has 1 aliphatic heterocycles. The van der Waals surface area contributed by atoms with Crippen LogP contribution in [0.3, 0.4) is 0 Å². The fraction of sp³-hybridized carbons (Fsp3) is 0.333. The molecule has 1 fully saturated rings. The number of anilines is 1. The molecule has 1 aliphatic rings. The van der Waals surface area contributed by atoms with Crippen molar-refractivity contribution in [1.29, 1.82) is 0 Å². The predicted molar refractivity (Wildman–Crippen MR) is 127 cm³/mol. The van der Waals surface area contributed by atoms with Crippen molar-refractivity contribution in [2.45, 2.75) is 37.4 Å². The summed E-state index contributed by atoms with van der Waals surface area (Å²) in [5, 5.41) is 6.54. The number of urea groups is 1. The van der Waals surface area contributed by atoms with Crippen molar-refractivity contribution in [2.75, 3.05) is 18.6 Å². The van der Waals surface area contributed by atoms with Gasteiger partial charge >= 0.3 is 12.2 Å². The van der Waals surface area contributed by atoms with Crippen molar-refractivity contribution < 1.29 is 27.6 Å². The number of nitrogens with zero attached hydrogens (tertiary/aromatic N) is 3. The summed E-state index contributed by atoms with van der Waals surface area (Å²) in [6.45, 7) is 0.214. The van der Waals surface area contributed by atoms with Gasteiger partial charge in [-0.2, -0.15) is 13.2 Å². The van der Waals surface area contributed by atoms with Gasteiger partial charge < -0.3 is 10.6 Å². The fourth-order valence-corrected chi connectivity index (χ4v) is 4.03. The van der Waals surface area contributed by atoms with Gasteiger partial charge in [0.15, 0.2) is 0 Å². The minimum Gasteiger partial charge on any atom is -0.359 e. The van der Waals surface area contributed by atoms with Gasteiger partial charge in [-0.25, -0.2) is 10.6 Å². The number of nitrogens with one attached hydrogen (secondary N) is 2. The molecule has 4 N–H and O–H groups in total. The van der Waals surface area contributed by atoms with Crippen LogP contribution in [0.15, 0.2) is 54.9 Å². The van der Waals surface area contributed by atoms with E-state index in [1.165, 1.54) is 24.2 Å². The Hall–Kier alpha value is -3.93. The topological polar surface area (TPSA) is 121 Å². The second-order valence-corrected chi connectivity index (χ2v) is 8.33. The fourth-order valence-electron chi connectivity index (χ4n) is 4.03. The van der Waals surface area contributed by atoms with E-state index in [4.69, 9.17) is 5.84 Å². The lowest BCUT2D eigenvalue weighted by Crippen LogP contribution is -2.48. The van der Waals surface area contributed by atoms with Crippen LogP contribution in [-0.2, 0) is 15.8 Å². The third kappa shape index (κ3) is 6.00. The van der Waals surface area contributed by atoms with Crippen molar-refractivity contribution in [3.63, 3.8) is 0 Å². The van der Waals surface area contributed by atoms with Crippen LogP contribution in [-0.4, -0.2) is 47.4 Å². The minimum atomic E-state index is -4.46. The lowest BCUT2D eigenvalue weighted by Gasteiger charge is -2.26. The zero-order valence-electron chi connectivity index (χ0n) is 19.6. The van der Waals surface area contributed by atoms with Crippen LogP contribution in [0, 0.1) is 0 Å². The van der Waals surface area contributed by atoms with Gasteiger partial charge in [-0.15, -0.1) is 0 Å². The molecule has 2 heterocycles. The summed E-state index contributed by atoms with van der Waals surface area (Å²) in [4.78, 5) is 40.5. The molecule has 1 aromatic heterocycles. The first-order valence-corrected chi connectivity index (χ1v) is 11.2. The van der Waals surface area contributed by atoms with E-state index in [1.54, 1.807) is 24.5 Å². The summed E-state index contributed by atoms with van der Waals surface area (Å²) in [5.74, 6) is 5.93. The second-order valence-electron chi connectivity index (χ2n) is 8.33. The highest BCUT2D eigenvalue weighted by Gasteiger charge is 2.48. The van der Waals surface area contributed by atoms with Gasteiger partial charge in [-0.1, -0.05) is 6.08 Å². The molecule has 3 rings (SSSR count). The Morgan fingerprint density at radius 2 is 1.83 bits per heavy atom. The van der Waals surface area contributed by atoms with E-state index in [0.29, 0.717) is 42.6 Å². The predicted octanol–water partition coefficient (Wildman–Crippen LogP) is 3.05.